The normalized spacial score (nSPS) is 18.1. The second kappa shape index (κ2) is 8.22. The van der Waals surface area contributed by atoms with E-state index in [0.29, 0.717) is 52.8 Å². The Balaban J connectivity index is 2.03. The summed E-state index contributed by atoms with van der Waals surface area (Å²) in [5.74, 6) is 1.32. The first kappa shape index (κ1) is 20.6. The summed E-state index contributed by atoms with van der Waals surface area (Å²) in [4.78, 5) is 8.85. The molecule has 31 heavy (non-hydrogen) atoms. The van der Waals surface area contributed by atoms with E-state index in [1.165, 1.54) is 18.3 Å². The number of ether oxygens (including phenoxy) is 1. The lowest BCUT2D eigenvalue weighted by atomic mass is 9.96. The molecule has 0 radical (unpaired) electrons. The van der Waals surface area contributed by atoms with Gasteiger partial charge in [-0.05, 0) is 38.1 Å². The van der Waals surface area contributed by atoms with Crippen molar-refractivity contribution in [2.75, 3.05) is 12.3 Å². The van der Waals surface area contributed by atoms with Gasteiger partial charge in [-0.25, -0.2) is 14.4 Å². The average Bonchev–Trinajstić information content (AvgIpc) is 3.11. The third-order valence-corrected chi connectivity index (χ3v) is 5.19. The highest BCUT2D eigenvalue weighted by molar-refractivity contribution is 5.90. The zero-order chi connectivity index (χ0) is 22.1. The van der Waals surface area contributed by atoms with Crippen LogP contribution < -0.4 is 15.8 Å². The molecule has 8 heteroatoms. The number of aryl methyl sites for hydroxylation is 1. The molecular weight excluding hydrogens is 397 g/mol. The lowest BCUT2D eigenvalue weighted by molar-refractivity contribution is 0.227. The number of nitrogens with zero attached hydrogens (tertiary/aromatic N) is 2. The maximum Gasteiger partial charge on any atom is 0.191 e. The fourth-order valence-electron chi connectivity index (χ4n) is 3.79. The topological polar surface area (TPSA) is 110 Å². The molecule has 2 aromatic heterocycles. The van der Waals surface area contributed by atoms with Gasteiger partial charge < -0.3 is 25.6 Å². The number of aromatic nitrogens is 2. The third kappa shape index (κ3) is 3.88. The van der Waals surface area contributed by atoms with Gasteiger partial charge in [0.25, 0.3) is 0 Å². The predicted octanol–water partition coefficient (Wildman–Crippen LogP) is 4.43. The maximum atomic E-state index is 14.2. The van der Waals surface area contributed by atoms with Crippen LogP contribution in [0.2, 0.25) is 0 Å². The molecule has 0 amide bonds. The Labute approximate surface area is 179 Å². The van der Waals surface area contributed by atoms with Gasteiger partial charge in [-0.1, -0.05) is 0 Å². The molecule has 0 aliphatic carbocycles. The molecule has 4 rings (SSSR count). The minimum atomic E-state index is -0.525. The Kier molecular flexibility index (Phi) is 5.46. The molecule has 160 valence electrons. The van der Waals surface area contributed by atoms with Crippen molar-refractivity contribution in [1.29, 1.82) is 5.41 Å². The van der Waals surface area contributed by atoms with Crippen LogP contribution in [0.5, 0.6) is 5.75 Å². The van der Waals surface area contributed by atoms with E-state index in [2.05, 4.69) is 15.3 Å². The molecule has 0 fully saturated rings. The van der Waals surface area contributed by atoms with Crippen molar-refractivity contribution in [3.63, 3.8) is 0 Å². The van der Waals surface area contributed by atoms with Gasteiger partial charge in [0.2, 0.25) is 0 Å². The second-order valence-electron chi connectivity index (χ2n) is 7.36. The fraction of sp³-hybridized carbons (Fsp3) is 0.261. The molecule has 1 atom stereocenters. The monoisotopic (exact) mass is 421 g/mol. The largest absolute Gasteiger partial charge is 0.482 e. The number of allylic oxidation sites excluding steroid dienone is 1. The SMILES string of the molecule is CCN/C1=C(\C=N)Cc2oc(C)nc2-c2ccc(F)cc2C(C)Oc2cc1cnc2N. The second-order valence-corrected chi connectivity index (χ2v) is 7.36. The van der Waals surface area contributed by atoms with Crippen molar-refractivity contribution >= 4 is 17.7 Å². The molecule has 0 saturated carbocycles. The Bertz CT molecular complexity index is 1180. The van der Waals surface area contributed by atoms with Crippen LogP contribution in [-0.4, -0.2) is 22.7 Å². The maximum absolute atomic E-state index is 14.2. The van der Waals surface area contributed by atoms with Crippen LogP contribution in [0.3, 0.4) is 0 Å². The van der Waals surface area contributed by atoms with Crippen molar-refractivity contribution in [2.24, 2.45) is 0 Å². The minimum absolute atomic E-state index is 0.232. The number of hydrogen-bond donors (Lipinski definition) is 3. The molecule has 7 nitrogen and oxygen atoms in total. The Morgan fingerprint density at radius 2 is 2.16 bits per heavy atom. The Hall–Kier alpha value is -3.68. The van der Waals surface area contributed by atoms with Gasteiger partial charge in [-0.3, -0.25) is 0 Å². The van der Waals surface area contributed by atoms with Crippen LogP contribution in [0.15, 0.2) is 40.5 Å². The molecule has 3 heterocycles. The van der Waals surface area contributed by atoms with Gasteiger partial charge in [0, 0.05) is 60.3 Å². The van der Waals surface area contributed by atoms with E-state index >= 15 is 0 Å². The standard InChI is InChI=1S/C23H24FN5O2/c1-4-27-21-14(10-25)7-19-22(29-13(3)31-19)17-6-5-16(24)9-18(17)12(2)30-20-8-15(21)11-28-23(20)26/h5-6,8-12,25,27H,4,7H2,1-3H3,(H2,26,28)/b21-14-,25-10?. The predicted molar refractivity (Wildman–Crippen MR) is 117 cm³/mol. The van der Waals surface area contributed by atoms with Crippen LogP contribution in [0, 0.1) is 18.2 Å². The van der Waals surface area contributed by atoms with Crippen molar-refractivity contribution < 1.29 is 13.5 Å². The summed E-state index contributed by atoms with van der Waals surface area (Å²) < 4.78 is 26.2. The van der Waals surface area contributed by atoms with E-state index in [1.54, 1.807) is 25.3 Å². The van der Waals surface area contributed by atoms with Crippen LogP contribution in [0.1, 0.15) is 42.7 Å². The van der Waals surface area contributed by atoms with E-state index in [1.807, 2.05) is 13.8 Å². The number of fused-ring (bicyclic) bond motifs is 5. The molecule has 0 saturated heterocycles. The van der Waals surface area contributed by atoms with Crippen LogP contribution in [0.25, 0.3) is 17.0 Å². The number of nitrogen functional groups attached to an aromatic ring is 1. The molecule has 1 aromatic carbocycles. The van der Waals surface area contributed by atoms with Crippen LogP contribution in [-0.2, 0) is 6.42 Å². The summed E-state index contributed by atoms with van der Waals surface area (Å²) in [6.07, 6.45) is 2.73. The summed E-state index contributed by atoms with van der Waals surface area (Å²) in [5, 5.41) is 11.4. The summed E-state index contributed by atoms with van der Waals surface area (Å²) in [5.41, 5.74) is 10.2. The molecule has 1 unspecified atom stereocenters. The third-order valence-electron chi connectivity index (χ3n) is 5.19. The van der Waals surface area contributed by atoms with Crippen molar-refractivity contribution in [2.45, 2.75) is 33.3 Å². The van der Waals surface area contributed by atoms with Gasteiger partial charge in [0.1, 0.15) is 23.4 Å². The summed E-state index contributed by atoms with van der Waals surface area (Å²) in [6, 6.07) is 6.28. The fourth-order valence-corrected chi connectivity index (χ4v) is 3.79. The molecule has 1 aliphatic heterocycles. The highest BCUT2D eigenvalue weighted by Gasteiger charge is 2.24. The summed E-state index contributed by atoms with van der Waals surface area (Å²) in [7, 11) is 0. The van der Waals surface area contributed by atoms with Gasteiger partial charge in [-0.2, -0.15) is 0 Å². The summed E-state index contributed by atoms with van der Waals surface area (Å²) in [6.45, 7) is 6.21. The molecule has 2 bridgehead atoms. The Morgan fingerprint density at radius 1 is 1.35 bits per heavy atom. The zero-order valence-electron chi connectivity index (χ0n) is 17.6. The number of benzene rings is 1. The number of nitrogens with one attached hydrogen (secondary N) is 2. The van der Waals surface area contributed by atoms with Crippen molar-refractivity contribution in [3.05, 3.63) is 64.6 Å². The number of halogens is 1. The minimum Gasteiger partial charge on any atom is -0.482 e. The van der Waals surface area contributed by atoms with Gasteiger partial charge in [0.15, 0.2) is 17.5 Å². The van der Waals surface area contributed by atoms with Crippen molar-refractivity contribution in [3.8, 4) is 17.0 Å². The van der Waals surface area contributed by atoms with Crippen molar-refractivity contribution in [1.82, 2.24) is 15.3 Å². The molecule has 3 aromatic rings. The molecule has 1 aliphatic rings. The van der Waals surface area contributed by atoms with Crippen LogP contribution in [0.4, 0.5) is 10.2 Å². The number of nitrogens with two attached hydrogens (primary N) is 1. The highest BCUT2D eigenvalue weighted by Crippen LogP contribution is 2.37. The van der Waals surface area contributed by atoms with E-state index in [0.717, 1.165) is 11.3 Å². The number of oxazole rings is 1. The first-order valence-corrected chi connectivity index (χ1v) is 10.1. The number of pyridine rings is 1. The Morgan fingerprint density at radius 3 is 2.90 bits per heavy atom. The molecule has 4 N–H and O–H groups in total. The van der Waals surface area contributed by atoms with E-state index in [9.17, 15) is 4.39 Å². The number of anilines is 1. The average molecular weight is 421 g/mol. The van der Waals surface area contributed by atoms with Gasteiger partial charge in [-0.15, -0.1) is 0 Å². The van der Waals surface area contributed by atoms with E-state index < -0.39 is 6.10 Å². The first-order chi connectivity index (χ1) is 14.9. The smallest absolute Gasteiger partial charge is 0.191 e. The van der Waals surface area contributed by atoms with E-state index in [4.69, 9.17) is 20.3 Å². The molecular formula is C23H24FN5O2. The number of hydrogen-bond acceptors (Lipinski definition) is 7. The first-order valence-electron chi connectivity index (χ1n) is 10.1. The number of rotatable bonds is 3. The lowest BCUT2D eigenvalue weighted by Crippen LogP contribution is -2.17. The van der Waals surface area contributed by atoms with Gasteiger partial charge >= 0.3 is 0 Å². The van der Waals surface area contributed by atoms with E-state index in [-0.39, 0.29) is 11.6 Å². The lowest BCUT2D eigenvalue weighted by Gasteiger charge is -2.21. The van der Waals surface area contributed by atoms with Crippen LogP contribution >= 0.6 is 0 Å². The highest BCUT2D eigenvalue weighted by atomic mass is 19.1. The zero-order valence-corrected chi connectivity index (χ0v) is 17.6. The summed E-state index contributed by atoms with van der Waals surface area (Å²) >= 11 is 0. The quantitative estimate of drug-likeness (QED) is 0.540. The van der Waals surface area contributed by atoms with Gasteiger partial charge in [0.05, 0.1) is 0 Å². The molecule has 0 spiro atoms.